The Morgan fingerprint density at radius 3 is 2.67 bits per heavy atom. The predicted octanol–water partition coefficient (Wildman–Crippen LogP) is 1.82. The maximum atomic E-state index is 11.4. The van der Waals surface area contributed by atoms with Crippen molar-refractivity contribution in [2.75, 3.05) is 13.7 Å². The van der Waals surface area contributed by atoms with Crippen molar-refractivity contribution < 1.29 is 14.3 Å². The highest BCUT2D eigenvalue weighted by Gasteiger charge is 2.09. The molecule has 3 heteroatoms. The molecule has 0 spiro atoms. The van der Waals surface area contributed by atoms with Gasteiger partial charge in [-0.15, -0.1) is 0 Å². The molecule has 0 N–H and O–H groups in total. The monoisotopic (exact) mass is 207 g/mol. The summed E-state index contributed by atoms with van der Waals surface area (Å²) in [4.78, 5) is 11.4. The van der Waals surface area contributed by atoms with Crippen LogP contribution in [-0.2, 0) is 14.3 Å². The van der Waals surface area contributed by atoms with Crippen LogP contribution in [0.15, 0.2) is 30.3 Å². The van der Waals surface area contributed by atoms with Crippen LogP contribution in [0, 0.1) is 6.42 Å². The fourth-order valence-corrected chi connectivity index (χ4v) is 1.19. The number of hydrogen-bond donors (Lipinski definition) is 0. The van der Waals surface area contributed by atoms with Crippen molar-refractivity contribution in [3.8, 4) is 0 Å². The van der Waals surface area contributed by atoms with E-state index in [-0.39, 0.29) is 12.1 Å². The molecule has 0 aliphatic heterocycles. The molecule has 0 aliphatic carbocycles. The van der Waals surface area contributed by atoms with Crippen LogP contribution < -0.4 is 0 Å². The number of hydrogen-bond acceptors (Lipinski definition) is 3. The standard InChI is InChI=1S/C12H15O3/c1-10(9-14-2)15-12(13)8-11-6-4-3-5-7-11/h3-8,10H,9H2,1-2H3. The summed E-state index contributed by atoms with van der Waals surface area (Å²) >= 11 is 0. The van der Waals surface area contributed by atoms with Gasteiger partial charge in [0.05, 0.1) is 13.0 Å². The lowest BCUT2D eigenvalue weighted by Crippen LogP contribution is -2.19. The van der Waals surface area contributed by atoms with Gasteiger partial charge in [-0.1, -0.05) is 30.3 Å². The van der Waals surface area contributed by atoms with Gasteiger partial charge in [0.2, 0.25) is 0 Å². The second-order valence-electron chi connectivity index (χ2n) is 3.26. The Morgan fingerprint density at radius 1 is 1.40 bits per heavy atom. The van der Waals surface area contributed by atoms with Crippen LogP contribution in [0.1, 0.15) is 12.5 Å². The van der Waals surface area contributed by atoms with Gasteiger partial charge in [0.1, 0.15) is 6.10 Å². The van der Waals surface area contributed by atoms with Crippen LogP contribution in [0.5, 0.6) is 0 Å². The van der Waals surface area contributed by atoms with Gasteiger partial charge in [0.25, 0.3) is 0 Å². The lowest BCUT2D eigenvalue weighted by molar-refractivity contribution is -0.145. The summed E-state index contributed by atoms with van der Waals surface area (Å²) in [7, 11) is 1.57. The summed E-state index contributed by atoms with van der Waals surface area (Å²) in [5.41, 5.74) is 0.840. The second kappa shape index (κ2) is 6.19. The minimum Gasteiger partial charge on any atom is -0.460 e. The molecule has 0 amide bonds. The first-order chi connectivity index (χ1) is 7.22. The van der Waals surface area contributed by atoms with Crippen LogP contribution in [0.4, 0.5) is 0 Å². The first-order valence-corrected chi connectivity index (χ1v) is 4.81. The molecular formula is C12H15O3. The Balaban J connectivity index is 2.36. The number of esters is 1. The number of carbonyl (C=O) groups excluding carboxylic acids is 1. The summed E-state index contributed by atoms with van der Waals surface area (Å²) in [6.07, 6.45) is 1.24. The Labute approximate surface area is 90.0 Å². The van der Waals surface area contributed by atoms with E-state index in [2.05, 4.69) is 0 Å². The number of rotatable bonds is 5. The van der Waals surface area contributed by atoms with E-state index in [0.29, 0.717) is 6.61 Å². The minimum absolute atomic E-state index is 0.220. The Bertz CT molecular complexity index is 295. The topological polar surface area (TPSA) is 35.5 Å². The van der Waals surface area contributed by atoms with Crippen LogP contribution in [0.25, 0.3) is 0 Å². The van der Waals surface area contributed by atoms with Crippen molar-refractivity contribution in [1.82, 2.24) is 0 Å². The van der Waals surface area contributed by atoms with Gasteiger partial charge >= 0.3 is 5.97 Å². The van der Waals surface area contributed by atoms with Crippen molar-refractivity contribution in [2.45, 2.75) is 13.0 Å². The van der Waals surface area contributed by atoms with Crippen molar-refractivity contribution in [1.29, 1.82) is 0 Å². The number of carbonyl (C=O) groups is 1. The first kappa shape index (κ1) is 11.7. The Morgan fingerprint density at radius 2 is 2.07 bits per heavy atom. The third-order valence-electron chi connectivity index (χ3n) is 1.80. The van der Waals surface area contributed by atoms with Crippen molar-refractivity contribution in [3.63, 3.8) is 0 Å². The molecule has 0 saturated heterocycles. The predicted molar refractivity (Wildman–Crippen MR) is 57.3 cm³/mol. The molecular weight excluding hydrogens is 192 g/mol. The van der Waals surface area contributed by atoms with E-state index in [1.807, 2.05) is 30.3 Å². The molecule has 1 aromatic carbocycles. The normalized spacial score (nSPS) is 12.1. The molecule has 0 bridgehead atoms. The van der Waals surface area contributed by atoms with Crippen LogP contribution >= 0.6 is 0 Å². The Kier molecular flexibility index (Phi) is 4.84. The molecule has 1 radical (unpaired) electrons. The molecule has 1 aromatic rings. The smallest absolute Gasteiger partial charge is 0.314 e. The quantitative estimate of drug-likeness (QED) is 0.691. The third-order valence-corrected chi connectivity index (χ3v) is 1.80. The highest BCUT2D eigenvalue weighted by molar-refractivity contribution is 5.83. The van der Waals surface area contributed by atoms with Gasteiger partial charge in [-0.05, 0) is 12.5 Å². The highest BCUT2D eigenvalue weighted by Crippen LogP contribution is 2.04. The maximum absolute atomic E-state index is 11.4. The summed E-state index contributed by atoms with van der Waals surface area (Å²) < 4.78 is 9.94. The van der Waals surface area contributed by atoms with Crippen molar-refractivity contribution in [2.24, 2.45) is 0 Å². The average molecular weight is 207 g/mol. The van der Waals surface area contributed by atoms with Gasteiger partial charge in [-0.3, -0.25) is 4.79 Å². The van der Waals surface area contributed by atoms with Crippen LogP contribution in [0.2, 0.25) is 0 Å². The molecule has 0 fully saturated rings. The molecule has 3 nitrogen and oxygen atoms in total. The van der Waals surface area contributed by atoms with Gasteiger partial charge in [-0.2, -0.15) is 0 Å². The number of ether oxygens (including phenoxy) is 2. The van der Waals surface area contributed by atoms with Gasteiger partial charge in [0.15, 0.2) is 0 Å². The molecule has 0 saturated carbocycles. The van der Waals surface area contributed by atoms with Gasteiger partial charge in [0, 0.05) is 7.11 Å². The van der Waals surface area contributed by atoms with Crippen LogP contribution in [-0.4, -0.2) is 25.8 Å². The zero-order valence-corrected chi connectivity index (χ0v) is 8.97. The molecule has 0 aromatic heterocycles. The van der Waals surface area contributed by atoms with E-state index in [1.165, 1.54) is 6.42 Å². The minimum atomic E-state index is -0.342. The largest absolute Gasteiger partial charge is 0.460 e. The molecule has 1 rings (SSSR count). The zero-order chi connectivity index (χ0) is 11.1. The lowest BCUT2D eigenvalue weighted by Gasteiger charge is -2.11. The van der Waals surface area contributed by atoms with Crippen LogP contribution in [0.3, 0.4) is 0 Å². The van der Waals surface area contributed by atoms with E-state index < -0.39 is 0 Å². The van der Waals surface area contributed by atoms with Gasteiger partial charge in [-0.25, -0.2) is 0 Å². The van der Waals surface area contributed by atoms with Gasteiger partial charge < -0.3 is 9.47 Å². The zero-order valence-electron chi connectivity index (χ0n) is 8.97. The average Bonchev–Trinajstić information content (AvgIpc) is 2.19. The maximum Gasteiger partial charge on any atom is 0.314 e. The summed E-state index contributed by atoms with van der Waals surface area (Å²) in [6, 6.07) is 9.34. The molecule has 1 unspecified atom stereocenters. The van der Waals surface area contributed by atoms with E-state index in [9.17, 15) is 4.79 Å². The molecule has 1 atom stereocenters. The third kappa shape index (κ3) is 4.61. The molecule has 15 heavy (non-hydrogen) atoms. The van der Waals surface area contributed by atoms with Crippen molar-refractivity contribution in [3.05, 3.63) is 42.3 Å². The fourth-order valence-electron chi connectivity index (χ4n) is 1.19. The second-order valence-corrected chi connectivity index (χ2v) is 3.26. The molecule has 81 valence electrons. The van der Waals surface area contributed by atoms with E-state index >= 15 is 0 Å². The first-order valence-electron chi connectivity index (χ1n) is 4.81. The molecule has 0 aliphatic rings. The summed E-state index contributed by atoms with van der Waals surface area (Å²) in [5, 5.41) is 0. The summed E-state index contributed by atoms with van der Waals surface area (Å²) in [6.45, 7) is 2.20. The number of methoxy groups -OCH3 is 1. The van der Waals surface area contributed by atoms with E-state index in [1.54, 1.807) is 14.0 Å². The highest BCUT2D eigenvalue weighted by atomic mass is 16.6. The fraction of sp³-hybridized carbons (Fsp3) is 0.333. The number of benzene rings is 1. The van der Waals surface area contributed by atoms with E-state index in [4.69, 9.17) is 9.47 Å². The SMILES string of the molecule is COCC(C)OC(=O)[CH]c1ccccc1. The summed E-state index contributed by atoms with van der Waals surface area (Å²) in [5.74, 6) is -0.342. The van der Waals surface area contributed by atoms with E-state index in [0.717, 1.165) is 5.56 Å². The Hall–Kier alpha value is -1.35. The molecule has 0 heterocycles. The van der Waals surface area contributed by atoms with Crippen molar-refractivity contribution >= 4 is 5.97 Å². The lowest BCUT2D eigenvalue weighted by atomic mass is 10.2.